The van der Waals surface area contributed by atoms with Crippen molar-refractivity contribution in [1.82, 2.24) is 0 Å². The number of amidine groups is 1. The first-order valence-electron chi connectivity index (χ1n) is 4.66. The van der Waals surface area contributed by atoms with Crippen LogP contribution < -0.4 is 5.73 Å². The maximum Gasteiger partial charge on any atom is 0.448 e. The minimum Gasteiger partial charge on any atom is -0.384 e. The second kappa shape index (κ2) is 4.32. The predicted molar refractivity (Wildman–Crippen MR) is 42.4 cm³/mol. The molecule has 0 saturated heterocycles. The van der Waals surface area contributed by atoms with Gasteiger partial charge in [0.15, 0.2) is 0 Å². The third kappa shape index (κ3) is 2.16. The third-order valence-corrected chi connectivity index (χ3v) is 2.51. The molecule has 130 valence electrons. The van der Waals surface area contributed by atoms with Gasteiger partial charge in [-0.15, -0.1) is 0 Å². The molecule has 15 heteroatoms. The van der Waals surface area contributed by atoms with Crippen LogP contribution >= 0.6 is 0 Å². The molecule has 0 atom stereocenters. The fourth-order valence-corrected chi connectivity index (χ4v) is 1.52. The van der Waals surface area contributed by atoms with Crippen molar-refractivity contribution in [3.05, 3.63) is 0 Å². The molecule has 1 rings (SSSR count). The first kappa shape index (κ1) is 18.6. The lowest BCUT2D eigenvalue weighted by atomic mass is 10.0. The molecule has 0 aromatic carbocycles. The summed E-state index contributed by atoms with van der Waals surface area (Å²) in [6, 6.07) is 0. The Morgan fingerprint density at radius 1 is 0.682 bits per heavy atom. The summed E-state index contributed by atoms with van der Waals surface area (Å²) in [6.45, 7) is 0. The molecule has 22 heavy (non-hydrogen) atoms. The van der Waals surface area contributed by atoms with E-state index in [1.165, 1.54) is 4.99 Å². The minimum atomic E-state index is -6.78. The fraction of sp³-hybridized carbons (Fsp3) is 0.857. The van der Waals surface area contributed by atoms with Crippen molar-refractivity contribution in [3.63, 3.8) is 0 Å². The van der Waals surface area contributed by atoms with Gasteiger partial charge in [0.25, 0.3) is 0 Å². The van der Waals surface area contributed by atoms with Crippen LogP contribution in [-0.2, 0) is 4.74 Å². The second-order valence-corrected chi connectivity index (χ2v) is 3.92. The van der Waals surface area contributed by atoms with E-state index in [9.17, 15) is 52.7 Å². The Kier molecular flexibility index (Phi) is 3.66. The molecule has 0 unspecified atom stereocenters. The number of rotatable bonds is 0. The normalized spacial score (nSPS) is 22.6. The van der Waals surface area contributed by atoms with Crippen LogP contribution in [0.5, 0.6) is 0 Å². The summed E-state index contributed by atoms with van der Waals surface area (Å²) in [5, 5.41) is 0. The predicted octanol–water partition coefficient (Wildman–Crippen LogP) is 3.06. The van der Waals surface area contributed by atoms with Crippen LogP contribution in [0.4, 0.5) is 52.7 Å². The van der Waals surface area contributed by atoms with E-state index in [-0.39, 0.29) is 0 Å². The third-order valence-electron chi connectivity index (χ3n) is 2.51. The van der Waals surface area contributed by atoms with Gasteiger partial charge in [0.1, 0.15) is 5.84 Å². The summed E-state index contributed by atoms with van der Waals surface area (Å²) in [6.07, 6.45) is -27.1. The number of aliphatic imine (C=N–C) groups is 1. The molecule has 0 bridgehead atoms. The number of halogens is 12. The van der Waals surface area contributed by atoms with E-state index >= 15 is 0 Å². The maximum absolute atomic E-state index is 12.5. The smallest absolute Gasteiger partial charge is 0.384 e. The van der Waals surface area contributed by atoms with E-state index in [4.69, 9.17) is 0 Å². The SMILES string of the molecule is NC1=NC(C(F)(F)F)(C(F)(F)F)OC1(C(F)(F)F)C(F)(F)F. The Hall–Kier alpha value is -1.41. The van der Waals surface area contributed by atoms with Crippen LogP contribution in [0, 0.1) is 0 Å². The zero-order valence-corrected chi connectivity index (χ0v) is 9.47. The van der Waals surface area contributed by atoms with Gasteiger partial charge in [0, 0.05) is 0 Å². The van der Waals surface area contributed by atoms with Gasteiger partial charge in [-0.1, -0.05) is 0 Å². The molecule has 3 nitrogen and oxygen atoms in total. The molecule has 0 amide bonds. The summed E-state index contributed by atoms with van der Waals surface area (Å²) in [4.78, 5) is 1.33. The average molecular weight is 358 g/mol. The molecule has 0 aromatic heterocycles. The first-order valence-corrected chi connectivity index (χ1v) is 4.66. The van der Waals surface area contributed by atoms with Crippen molar-refractivity contribution in [2.24, 2.45) is 10.7 Å². The number of ether oxygens (including phenoxy) is 1. The number of alkyl halides is 12. The van der Waals surface area contributed by atoms with Crippen LogP contribution in [0.1, 0.15) is 0 Å². The van der Waals surface area contributed by atoms with Crippen molar-refractivity contribution in [1.29, 1.82) is 0 Å². The van der Waals surface area contributed by atoms with Crippen LogP contribution in [0.2, 0.25) is 0 Å². The molecule has 2 N–H and O–H groups in total. The summed E-state index contributed by atoms with van der Waals surface area (Å²) in [5.41, 5.74) is -7.98. The molecule has 0 radical (unpaired) electrons. The first-order chi connectivity index (χ1) is 9.33. The maximum atomic E-state index is 12.5. The highest BCUT2D eigenvalue weighted by atomic mass is 19.4. The summed E-state index contributed by atoms with van der Waals surface area (Å²) in [5.74, 6) is -3.05. The largest absolute Gasteiger partial charge is 0.448 e. The lowest BCUT2D eigenvalue weighted by molar-refractivity contribution is -0.438. The highest BCUT2D eigenvalue weighted by Gasteiger charge is 2.88. The standard InChI is InChI=1S/C7H2F12N2O/c8-4(9,10)2(5(11,12)13)1(20)21-3(22-2,6(14,15)16)7(17,18)19/h(H2,20,21). The Balaban J connectivity index is 3.72. The summed E-state index contributed by atoms with van der Waals surface area (Å²) < 4.78 is 153. The number of nitrogens with zero attached hydrogens (tertiary/aromatic N) is 1. The van der Waals surface area contributed by atoms with Crippen LogP contribution in [0.15, 0.2) is 4.99 Å². The van der Waals surface area contributed by atoms with Crippen LogP contribution in [0.25, 0.3) is 0 Å². The molecular formula is C7H2F12N2O. The molecule has 0 spiro atoms. The van der Waals surface area contributed by atoms with Gasteiger partial charge >= 0.3 is 36.0 Å². The van der Waals surface area contributed by atoms with Crippen molar-refractivity contribution < 1.29 is 57.4 Å². The molecular weight excluding hydrogens is 356 g/mol. The highest BCUT2D eigenvalue weighted by Crippen LogP contribution is 2.58. The highest BCUT2D eigenvalue weighted by molar-refractivity contribution is 5.93. The van der Waals surface area contributed by atoms with Gasteiger partial charge in [-0.25, -0.2) is 4.99 Å². The van der Waals surface area contributed by atoms with Gasteiger partial charge < -0.3 is 10.5 Å². The quantitative estimate of drug-likeness (QED) is 0.677. The fourth-order valence-electron chi connectivity index (χ4n) is 1.52. The van der Waals surface area contributed by atoms with Crippen molar-refractivity contribution >= 4 is 5.84 Å². The van der Waals surface area contributed by atoms with E-state index in [2.05, 4.69) is 10.5 Å². The number of nitrogens with two attached hydrogens (primary N) is 1. The molecule has 0 fully saturated rings. The average Bonchev–Trinajstić information content (AvgIpc) is 2.49. The molecule has 0 saturated carbocycles. The molecule has 1 aliphatic heterocycles. The van der Waals surface area contributed by atoms with Crippen molar-refractivity contribution in [3.8, 4) is 0 Å². The second-order valence-electron chi connectivity index (χ2n) is 3.92. The van der Waals surface area contributed by atoms with E-state index in [1.54, 1.807) is 0 Å². The Bertz CT molecular complexity index is 452. The van der Waals surface area contributed by atoms with Crippen LogP contribution in [-0.4, -0.2) is 41.9 Å². The Morgan fingerprint density at radius 2 is 1.00 bits per heavy atom. The topological polar surface area (TPSA) is 47.6 Å². The van der Waals surface area contributed by atoms with Crippen LogP contribution in [0.3, 0.4) is 0 Å². The zero-order chi connectivity index (χ0) is 18.0. The van der Waals surface area contributed by atoms with Gasteiger partial charge in [0.2, 0.25) is 0 Å². The Morgan fingerprint density at radius 3 is 1.14 bits per heavy atom. The monoisotopic (exact) mass is 358 g/mol. The van der Waals surface area contributed by atoms with E-state index in [1.807, 2.05) is 0 Å². The van der Waals surface area contributed by atoms with E-state index in [0.717, 1.165) is 0 Å². The summed E-state index contributed by atoms with van der Waals surface area (Å²) >= 11 is 0. The zero-order valence-electron chi connectivity index (χ0n) is 9.47. The molecule has 0 aliphatic carbocycles. The lowest BCUT2D eigenvalue weighted by Crippen LogP contribution is -2.68. The number of hydrogen-bond acceptors (Lipinski definition) is 3. The van der Waals surface area contributed by atoms with E-state index < -0.39 is 41.9 Å². The molecule has 0 aromatic rings. The van der Waals surface area contributed by atoms with Gasteiger partial charge in [-0.05, 0) is 0 Å². The van der Waals surface area contributed by atoms with Gasteiger partial charge in [0.05, 0.1) is 0 Å². The van der Waals surface area contributed by atoms with Gasteiger partial charge in [-0.3, -0.25) is 0 Å². The van der Waals surface area contributed by atoms with Crippen molar-refractivity contribution in [2.75, 3.05) is 0 Å². The number of hydrogen-bond donors (Lipinski definition) is 1. The van der Waals surface area contributed by atoms with Gasteiger partial charge in [-0.2, -0.15) is 52.7 Å². The summed E-state index contributed by atoms with van der Waals surface area (Å²) in [7, 11) is 0. The minimum absolute atomic E-state index is 1.33. The Labute approximate surface area is 111 Å². The van der Waals surface area contributed by atoms with Crippen molar-refractivity contribution in [2.45, 2.75) is 36.0 Å². The van der Waals surface area contributed by atoms with E-state index in [0.29, 0.717) is 0 Å². The lowest BCUT2D eigenvalue weighted by Gasteiger charge is -2.37. The molecule has 1 aliphatic rings. The molecule has 1 heterocycles.